The van der Waals surface area contributed by atoms with Crippen molar-refractivity contribution in [3.05, 3.63) is 28.8 Å². The molecule has 1 heterocycles. The van der Waals surface area contributed by atoms with Crippen molar-refractivity contribution in [3.8, 4) is 11.8 Å². The molecule has 0 aliphatic carbocycles. The normalized spacial score (nSPS) is 17.7. The van der Waals surface area contributed by atoms with Gasteiger partial charge in [-0.25, -0.2) is 0 Å². The highest BCUT2D eigenvalue weighted by atomic mass is 35.5. The first-order valence-electron chi connectivity index (χ1n) is 6.08. The fourth-order valence-electron chi connectivity index (χ4n) is 1.83. The summed E-state index contributed by atoms with van der Waals surface area (Å²) < 4.78 is 5.19. The third kappa shape index (κ3) is 3.71. The first-order chi connectivity index (χ1) is 9.20. The SMILES string of the molecule is NCC#Cc1ccc(Cl)c(NC(=O)C2CCOC2)c1. The van der Waals surface area contributed by atoms with E-state index in [1.165, 1.54) is 0 Å². The second-order valence-corrected chi connectivity index (χ2v) is 4.66. The number of benzene rings is 1. The van der Waals surface area contributed by atoms with Crippen molar-refractivity contribution in [1.82, 2.24) is 0 Å². The second kappa shape index (κ2) is 6.58. The molecule has 0 spiro atoms. The minimum absolute atomic E-state index is 0.0664. The average Bonchev–Trinajstić information content (AvgIpc) is 2.93. The van der Waals surface area contributed by atoms with Crippen LogP contribution in [-0.2, 0) is 9.53 Å². The number of nitrogens with two attached hydrogens (primary N) is 1. The van der Waals surface area contributed by atoms with Crippen molar-refractivity contribution in [3.63, 3.8) is 0 Å². The van der Waals surface area contributed by atoms with Crippen LogP contribution in [0.2, 0.25) is 5.02 Å². The van der Waals surface area contributed by atoms with Crippen molar-refractivity contribution in [1.29, 1.82) is 0 Å². The van der Waals surface area contributed by atoms with E-state index in [2.05, 4.69) is 17.2 Å². The molecule has 3 N–H and O–H groups in total. The molecule has 1 saturated heterocycles. The fraction of sp³-hybridized carbons (Fsp3) is 0.357. The summed E-state index contributed by atoms with van der Waals surface area (Å²) in [4.78, 5) is 12.0. The van der Waals surface area contributed by atoms with Crippen molar-refractivity contribution < 1.29 is 9.53 Å². The maximum Gasteiger partial charge on any atom is 0.229 e. The van der Waals surface area contributed by atoms with Gasteiger partial charge >= 0.3 is 0 Å². The van der Waals surface area contributed by atoms with Gasteiger partial charge in [0.2, 0.25) is 5.91 Å². The third-order valence-corrected chi connectivity index (χ3v) is 3.19. The lowest BCUT2D eigenvalue weighted by Gasteiger charge is -2.11. The van der Waals surface area contributed by atoms with Crippen molar-refractivity contribution in [2.75, 3.05) is 25.1 Å². The lowest BCUT2D eigenvalue weighted by atomic mass is 10.1. The number of hydrogen-bond donors (Lipinski definition) is 2. The number of ether oxygens (including phenoxy) is 1. The number of anilines is 1. The Balaban J connectivity index is 2.12. The summed E-state index contributed by atoms with van der Waals surface area (Å²) in [5.74, 6) is 5.50. The lowest BCUT2D eigenvalue weighted by Crippen LogP contribution is -2.23. The van der Waals surface area contributed by atoms with E-state index in [1.54, 1.807) is 18.2 Å². The van der Waals surface area contributed by atoms with Gasteiger partial charge in [-0.15, -0.1) is 0 Å². The number of nitrogens with one attached hydrogen (secondary N) is 1. The summed E-state index contributed by atoms with van der Waals surface area (Å²) in [6, 6.07) is 5.25. The minimum atomic E-state index is -0.102. The number of amides is 1. The van der Waals surface area contributed by atoms with Crippen LogP contribution in [0.3, 0.4) is 0 Å². The standard InChI is InChI=1S/C14H15ClN2O2/c15-12-4-3-10(2-1-6-16)8-13(12)17-14(18)11-5-7-19-9-11/h3-4,8,11H,5-7,9,16H2,(H,17,18). The van der Waals surface area contributed by atoms with Crippen LogP contribution in [0.1, 0.15) is 12.0 Å². The predicted octanol–water partition coefficient (Wildman–Crippen LogP) is 1.63. The molecule has 1 atom stereocenters. The Morgan fingerprint density at radius 2 is 2.42 bits per heavy atom. The molecule has 1 fully saturated rings. The summed E-state index contributed by atoms with van der Waals surface area (Å²) >= 11 is 6.06. The molecule has 0 bridgehead atoms. The van der Waals surface area contributed by atoms with Gasteiger partial charge in [0.15, 0.2) is 0 Å². The summed E-state index contributed by atoms with van der Waals surface area (Å²) in [7, 11) is 0. The molecule has 1 amide bonds. The molecule has 5 heteroatoms. The monoisotopic (exact) mass is 278 g/mol. The smallest absolute Gasteiger partial charge is 0.229 e. The zero-order valence-electron chi connectivity index (χ0n) is 10.4. The first-order valence-corrected chi connectivity index (χ1v) is 6.45. The van der Waals surface area contributed by atoms with Crippen LogP contribution in [-0.4, -0.2) is 25.7 Å². The van der Waals surface area contributed by atoms with E-state index >= 15 is 0 Å². The second-order valence-electron chi connectivity index (χ2n) is 4.25. The fourth-order valence-corrected chi connectivity index (χ4v) is 1.99. The van der Waals surface area contributed by atoms with Crippen LogP contribution in [0.25, 0.3) is 0 Å². The van der Waals surface area contributed by atoms with Gasteiger partial charge in [0, 0.05) is 12.2 Å². The highest BCUT2D eigenvalue weighted by molar-refractivity contribution is 6.33. The molecule has 0 radical (unpaired) electrons. The highest BCUT2D eigenvalue weighted by Crippen LogP contribution is 2.24. The Kier molecular flexibility index (Phi) is 4.80. The van der Waals surface area contributed by atoms with Crippen molar-refractivity contribution in [2.24, 2.45) is 11.7 Å². The Labute approximate surface area is 117 Å². The Morgan fingerprint density at radius 1 is 1.58 bits per heavy atom. The molecule has 19 heavy (non-hydrogen) atoms. The van der Waals surface area contributed by atoms with E-state index in [0.29, 0.717) is 30.5 Å². The predicted molar refractivity (Wildman–Crippen MR) is 74.9 cm³/mol. The van der Waals surface area contributed by atoms with Crippen LogP contribution in [0.5, 0.6) is 0 Å². The van der Waals surface area contributed by atoms with Crippen LogP contribution < -0.4 is 11.1 Å². The molecule has 4 nitrogen and oxygen atoms in total. The van der Waals surface area contributed by atoms with Crippen LogP contribution in [0, 0.1) is 17.8 Å². The van der Waals surface area contributed by atoms with Gasteiger partial charge in [0.25, 0.3) is 0 Å². The topological polar surface area (TPSA) is 64.3 Å². The maximum atomic E-state index is 12.0. The number of halogens is 1. The zero-order chi connectivity index (χ0) is 13.7. The van der Waals surface area contributed by atoms with E-state index in [9.17, 15) is 4.79 Å². The first kappa shape index (κ1) is 13.9. The number of hydrogen-bond acceptors (Lipinski definition) is 3. The van der Waals surface area contributed by atoms with E-state index < -0.39 is 0 Å². The van der Waals surface area contributed by atoms with E-state index in [-0.39, 0.29) is 11.8 Å². The maximum absolute atomic E-state index is 12.0. The zero-order valence-corrected chi connectivity index (χ0v) is 11.2. The van der Waals surface area contributed by atoms with Gasteiger partial charge in [-0.3, -0.25) is 4.79 Å². The number of carbonyl (C=O) groups excluding carboxylic acids is 1. The molecule has 1 aromatic rings. The molecule has 2 rings (SSSR count). The molecule has 1 aliphatic rings. The molecule has 0 saturated carbocycles. The van der Waals surface area contributed by atoms with E-state index in [0.717, 1.165) is 12.0 Å². The number of rotatable bonds is 2. The molecule has 1 aromatic carbocycles. The molecule has 1 aliphatic heterocycles. The average molecular weight is 279 g/mol. The summed E-state index contributed by atoms with van der Waals surface area (Å²) in [6.07, 6.45) is 0.746. The Bertz CT molecular complexity index is 528. The van der Waals surface area contributed by atoms with Crippen molar-refractivity contribution >= 4 is 23.2 Å². The van der Waals surface area contributed by atoms with Crippen LogP contribution in [0.15, 0.2) is 18.2 Å². The molecule has 0 aromatic heterocycles. The lowest BCUT2D eigenvalue weighted by molar-refractivity contribution is -0.119. The molecular formula is C14H15ClN2O2. The van der Waals surface area contributed by atoms with Gasteiger partial charge in [0.1, 0.15) is 0 Å². The minimum Gasteiger partial charge on any atom is -0.381 e. The largest absolute Gasteiger partial charge is 0.381 e. The summed E-state index contributed by atoms with van der Waals surface area (Å²) in [6.45, 7) is 1.40. The summed E-state index contributed by atoms with van der Waals surface area (Å²) in [5, 5.41) is 3.31. The third-order valence-electron chi connectivity index (χ3n) is 2.86. The van der Waals surface area contributed by atoms with Crippen molar-refractivity contribution in [2.45, 2.75) is 6.42 Å². The van der Waals surface area contributed by atoms with Gasteiger partial charge in [-0.1, -0.05) is 23.4 Å². The Morgan fingerprint density at radius 3 is 3.11 bits per heavy atom. The van der Waals surface area contributed by atoms with E-state index in [1.807, 2.05) is 0 Å². The van der Waals surface area contributed by atoms with Crippen LogP contribution in [0.4, 0.5) is 5.69 Å². The quantitative estimate of drug-likeness (QED) is 0.808. The summed E-state index contributed by atoms with van der Waals surface area (Å²) in [5.41, 5.74) is 6.67. The molecule has 100 valence electrons. The van der Waals surface area contributed by atoms with E-state index in [4.69, 9.17) is 22.1 Å². The number of carbonyl (C=O) groups is 1. The van der Waals surface area contributed by atoms with Crippen LogP contribution >= 0.6 is 11.6 Å². The molecule has 1 unspecified atom stereocenters. The van der Waals surface area contributed by atoms with Gasteiger partial charge in [-0.2, -0.15) is 0 Å². The van der Waals surface area contributed by atoms with Gasteiger partial charge in [-0.05, 0) is 24.6 Å². The van der Waals surface area contributed by atoms with Gasteiger partial charge in [0.05, 0.1) is 29.8 Å². The highest BCUT2D eigenvalue weighted by Gasteiger charge is 2.23. The van der Waals surface area contributed by atoms with Gasteiger partial charge < -0.3 is 15.8 Å². The molecular weight excluding hydrogens is 264 g/mol. The Hall–Kier alpha value is -1.54.